The smallest absolute Gasteiger partial charge is 0.390 e. The van der Waals surface area contributed by atoms with Crippen LogP contribution in [0, 0.1) is 10.1 Å². The van der Waals surface area contributed by atoms with Crippen LogP contribution in [-0.2, 0) is 25.9 Å². The number of hydrogen-bond acceptors (Lipinski definition) is 6. The first-order valence-electron chi connectivity index (χ1n) is 6.94. The van der Waals surface area contributed by atoms with Crippen molar-refractivity contribution in [2.75, 3.05) is 11.4 Å². The highest BCUT2D eigenvalue weighted by molar-refractivity contribution is 5.65. The zero-order valence-corrected chi connectivity index (χ0v) is 12.2. The summed E-state index contributed by atoms with van der Waals surface area (Å²) in [6.07, 6.45) is -4.65. The van der Waals surface area contributed by atoms with Crippen LogP contribution in [0.25, 0.3) is 0 Å². The number of anilines is 1. The minimum atomic E-state index is -4.65. The molecule has 0 bridgehead atoms. The molecule has 0 fully saturated rings. The molecule has 1 aliphatic rings. The Balaban J connectivity index is 1.99. The molecule has 0 atom stereocenters. The van der Waals surface area contributed by atoms with Crippen molar-refractivity contribution < 1.29 is 23.2 Å². The number of nitrogens with zero attached hydrogens (tertiary/aromatic N) is 5. The molecular formula is C13H12F3N5O3. The van der Waals surface area contributed by atoms with Gasteiger partial charge in [-0.15, -0.1) is 5.10 Å². The number of alkyl halides is 3. The number of aliphatic hydroxyl groups excluding tert-OH is 1. The van der Waals surface area contributed by atoms with E-state index in [9.17, 15) is 28.4 Å². The molecular weight excluding hydrogens is 331 g/mol. The molecule has 1 aromatic heterocycles. The summed E-state index contributed by atoms with van der Waals surface area (Å²) < 4.78 is 39.9. The minimum Gasteiger partial charge on any atom is -0.390 e. The van der Waals surface area contributed by atoms with E-state index in [1.54, 1.807) is 9.58 Å². The molecule has 1 aliphatic heterocycles. The van der Waals surface area contributed by atoms with Gasteiger partial charge in [0.2, 0.25) is 0 Å². The van der Waals surface area contributed by atoms with Crippen LogP contribution in [0.1, 0.15) is 17.0 Å². The van der Waals surface area contributed by atoms with Crippen LogP contribution >= 0.6 is 0 Å². The predicted octanol–water partition coefficient (Wildman–Crippen LogP) is 1.72. The van der Waals surface area contributed by atoms with Gasteiger partial charge in [-0.2, -0.15) is 13.2 Å². The Morgan fingerprint density at radius 1 is 1.33 bits per heavy atom. The number of hydrogen-bond donors (Lipinski definition) is 1. The molecule has 3 rings (SSSR count). The maximum atomic E-state index is 12.8. The SMILES string of the molecule is O=[N+]([O-])c1cc(C(F)(F)F)ccc1N1CCn2nnc(CO)c2C1. The lowest BCUT2D eigenvalue weighted by atomic mass is 10.1. The molecule has 11 heteroatoms. The zero-order valence-electron chi connectivity index (χ0n) is 12.2. The number of nitro benzene ring substituents is 1. The van der Waals surface area contributed by atoms with Gasteiger partial charge in [0.25, 0.3) is 5.69 Å². The summed E-state index contributed by atoms with van der Waals surface area (Å²) in [4.78, 5) is 12.0. The molecule has 1 N–H and O–H groups in total. The summed E-state index contributed by atoms with van der Waals surface area (Å²) in [6, 6.07) is 2.45. The lowest BCUT2D eigenvalue weighted by molar-refractivity contribution is -0.384. The van der Waals surface area contributed by atoms with E-state index in [-0.39, 0.29) is 18.8 Å². The Morgan fingerprint density at radius 3 is 2.71 bits per heavy atom. The van der Waals surface area contributed by atoms with Gasteiger partial charge in [0.15, 0.2) is 0 Å². The molecule has 0 amide bonds. The number of fused-ring (bicyclic) bond motifs is 1. The van der Waals surface area contributed by atoms with E-state index >= 15 is 0 Å². The lowest BCUT2D eigenvalue weighted by Crippen LogP contribution is -2.34. The first kappa shape index (κ1) is 16.2. The molecule has 0 saturated heterocycles. The molecule has 0 aliphatic carbocycles. The van der Waals surface area contributed by atoms with Crippen molar-refractivity contribution in [3.8, 4) is 0 Å². The van der Waals surface area contributed by atoms with E-state index in [1.807, 2.05) is 0 Å². The van der Waals surface area contributed by atoms with Crippen molar-refractivity contribution in [1.29, 1.82) is 0 Å². The maximum Gasteiger partial charge on any atom is 0.416 e. The van der Waals surface area contributed by atoms with Gasteiger partial charge in [-0.05, 0) is 12.1 Å². The van der Waals surface area contributed by atoms with Crippen LogP contribution in [-0.4, -0.2) is 31.6 Å². The molecule has 2 aromatic rings. The first-order valence-corrected chi connectivity index (χ1v) is 6.94. The van der Waals surface area contributed by atoms with Gasteiger partial charge in [-0.1, -0.05) is 5.21 Å². The minimum absolute atomic E-state index is 0.0874. The van der Waals surface area contributed by atoms with E-state index < -0.39 is 22.4 Å². The van der Waals surface area contributed by atoms with Crippen LogP contribution in [0.3, 0.4) is 0 Å². The van der Waals surface area contributed by atoms with Crippen LogP contribution in [0.2, 0.25) is 0 Å². The van der Waals surface area contributed by atoms with Crippen LogP contribution in [0.4, 0.5) is 24.5 Å². The van der Waals surface area contributed by atoms with Gasteiger partial charge in [-0.3, -0.25) is 10.1 Å². The second kappa shape index (κ2) is 5.74. The fourth-order valence-corrected chi connectivity index (χ4v) is 2.64. The Labute approximate surface area is 133 Å². The Bertz CT molecular complexity index is 776. The predicted molar refractivity (Wildman–Crippen MR) is 75.1 cm³/mol. The van der Waals surface area contributed by atoms with Crippen molar-refractivity contribution in [2.24, 2.45) is 0 Å². The van der Waals surface area contributed by atoms with Crippen LogP contribution in [0.15, 0.2) is 18.2 Å². The Kier molecular flexibility index (Phi) is 3.87. The Morgan fingerprint density at radius 2 is 2.08 bits per heavy atom. The molecule has 0 radical (unpaired) electrons. The van der Waals surface area contributed by atoms with Gasteiger partial charge in [0, 0.05) is 12.6 Å². The number of aliphatic hydroxyl groups is 1. The largest absolute Gasteiger partial charge is 0.416 e. The number of halogens is 3. The fourth-order valence-electron chi connectivity index (χ4n) is 2.64. The number of aromatic nitrogens is 3. The average Bonchev–Trinajstić information content (AvgIpc) is 2.95. The van der Waals surface area contributed by atoms with E-state index in [0.717, 1.165) is 12.1 Å². The third kappa shape index (κ3) is 2.77. The fraction of sp³-hybridized carbons (Fsp3) is 0.385. The van der Waals surface area contributed by atoms with Crippen molar-refractivity contribution in [3.63, 3.8) is 0 Å². The summed E-state index contributed by atoms with van der Waals surface area (Å²) in [5.41, 5.74) is -0.675. The number of nitro groups is 1. The molecule has 24 heavy (non-hydrogen) atoms. The van der Waals surface area contributed by atoms with Gasteiger partial charge >= 0.3 is 6.18 Å². The van der Waals surface area contributed by atoms with E-state index in [4.69, 9.17) is 0 Å². The quantitative estimate of drug-likeness (QED) is 0.673. The molecule has 128 valence electrons. The topological polar surface area (TPSA) is 97.3 Å². The zero-order chi connectivity index (χ0) is 17.5. The monoisotopic (exact) mass is 343 g/mol. The average molecular weight is 343 g/mol. The van der Waals surface area contributed by atoms with Gasteiger partial charge in [0.1, 0.15) is 11.4 Å². The summed E-state index contributed by atoms with van der Waals surface area (Å²) in [5, 5.41) is 28.1. The molecule has 2 heterocycles. The maximum absolute atomic E-state index is 12.8. The van der Waals surface area contributed by atoms with E-state index in [0.29, 0.717) is 30.5 Å². The van der Waals surface area contributed by atoms with Crippen molar-refractivity contribution in [1.82, 2.24) is 15.0 Å². The summed E-state index contributed by atoms with van der Waals surface area (Å²) >= 11 is 0. The highest BCUT2D eigenvalue weighted by atomic mass is 19.4. The second-order valence-corrected chi connectivity index (χ2v) is 5.24. The van der Waals surface area contributed by atoms with Crippen molar-refractivity contribution >= 4 is 11.4 Å². The summed E-state index contributed by atoms with van der Waals surface area (Å²) in [6.45, 7) is 0.515. The summed E-state index contributed by atoms with van der Waals surface area (Å²) in [5.74, 6) is 0. The number of rotatable bonds is 3. The number of benzene rings is 1. The Hall–Kier alpha value is -2.69. The molecule has 0 unspecified atom stereocenters. The molecule has 8 nitrogen and oxygen atoms in total. The van der Waals surface area contributed by atoms with Crippen LogP contribution < -0.4 is 4.90 Å². The molecule has 0 saturated carbocycles. The van der Waals surface area contributed by atoms with Crippen molar-refractivity contribution in [2.45, 2.75) is 25.9 Å². The van der Waals surface area contributed by atoms with Gasteiger partial charge < -0.3 is 10.0 Å². The molecule has 1 aromatic carbocycles. The highest BCUT2D eigenvalue weighted by Gasteiger charge is 2.34. The van der Waals surface area contributed by atoms with E-state index in [2.05, 4.69) is 10.3 Å². The normalized spacial score (nSPS) is 14.6. The highest BCUT2D eigenvalue weighted by Crippen LogP contribution is 2.37. The summed E-state index contributed by atoms with van der Waals surface area (Å²) in [7, 11) is 0. The van der Waals surface area contributed by atoms with Gasteiger partial charge in [0.05, 0.1) is 35.9 Å². The van der Waals surface area contributed by atoms with E-state index in [1.165, 1.54) is 0 Å². The third-order valence-corrected chi connectivity index (χ3v) is 3.83. The second-order valence-electron chi connectivity index (χ2n) is 5.24. The third-order valence-electron chi connectivity index (χ3n) is 3.83. The first-order chi connectivity index (χ1) is 11.3. The van der Waals surface area contributed by atoms with Gasteiger partial charge in [-0.25, -0.2) is 4.68 Å². The lowest BCUT2D eigenvalue weighted by Gasteiger charge is -2.29. The molecule has 0 spiro atoms. The van der Waals surface area contributed by atoms with Crippen LogP contribution in [0.5, 0.6) is 0 Å². The van der Waals surface area contributed by atoms with Crippen molar-refractivity contribution in [3.05, 3.63) is 45.3 Å². The standard InChI is InChI=1S/C13H12F3N5O3/c14-13(15,16)8-1-2-10(11(5-8)21(23)24)19-3-4-20-12(6-19)9(7-22)17-18-20/h1-2,5,22H,3-4,6-7H2.